The normalized spacial score (nSPS) is 22.5. The minimum absolute atomic E-state index is 0.292. The van der Waals surface area contributed by atoms with Crippen LogP contribution in [0.4, 0.5) is 0 Å². The molecular weight excluding hydrogens is 354 g/mol. The quantitative estimate of drug-likeness (QED) is 0.554. The van der Waals surface area contributed by atoms with Gasteiger partial charge >= 0.3 is 0 Å². The number of hydrogen-bond donors (Lipinski definition) is 2. The maximum atomic E-state index is 10.5. The fourth-order valence-electron chi connectivity index (χ4n) is 3.75. The molecule has 6 nitrogen and oxygen atoms in total. The molecule has 0 amide bonds. The van der Waals surface area contributed by atoms with Gasteiger partial charge in [-0.05, 0) is 45.1 Å². The van der Waals surface area contributed by atoms with E-state index in [4.69, 9.17) is 14.5 Å². The fraction of sp³-hybridized carbons (Fsp3) is 0.682. The lowest BCUT2D eigenvalue weighted by atomic mass is 10.1. The van der Waals surface area contributed by atoms with Gasteiger partial charge < -0.3 is 24.8 Å². The van der Waals surface area contributed by atoms with E-state index in [9.17, 15) is 5.11 Å². The monoisotopic (exact) mass is 389 g/mol. The smallest absolute Gasteiger partial charge is 0.194 e. The number of aliphatic imine (C=N–C) groups is 1. The molecule has 0 spiro atoms. The highest BCUT2D eigenvalue weighted by Crippen LogP contribution is 2.18. The number of nitrogens with zero attached hydrogens (tertiary/aromatic N) is 2. The molecule has 28 heavy (non-hydrogen) atoms. The lowest BCUT2D eigenvalue weighted by molar-refractivity contribution is -0.0367. The van der Waals surface area contributed by atoms with Crippen molar-refractivity contribution in [2.24, 2.45) is 4.99 Å². The molecular formula is C22H35N3O3. The first-order valence-corrected chi connectivity index (χ1v) is 10.7. The first-order chi connectivity index (χ1) is 13.7. The first-order valence-electron chi connectivity index (χ1n) is 10.7. The Bertz CT molecular complexity index is 606. The van der Waals surface area contributed by atoms with Crippen molar-refractivity contribution in [1.29, 1.82) is 0 Å². The second-order valence-electron chi connectivity index (χ2n) is 7.78. The molecule has 0 bridgehead atoms. The molecule has 2 aliphatic rings. The Morgan fingerprint density at radius 3 is 2.68 bits per heavy atom. The highest BCUT2D eigenvalue weighted by molar-refractivity contribution is 5.80. The summed E-state index contributed by atoms with van der Waals surface area (Å²) in [4.78, 5) is 6.97. The van der Waals surface area contributed by atoms with Crippen LogP contribution in [0.25, 0.3) is 0 Å². The van der Waals surface area contributed by atoms with Crippen LogP contribution in [0.15, 0.2) is 29.3 Å². The van der Waals surface area contributed by atoms with Crippen LogP contribution in [0.1, 0.15) is 49.8 Å². The number of rotatable bonds is 7. The van der Waals surface area contributed by atoms with Crippen molar-refractivity contribution < 1.29 is 14.6 Å². The molecule has 1 aromatic carbocycles. The van der Waals surface area contributed by atoms with Crippen LogP contribution < -0.4 is 5.32 Å². The molecule has 0 aromatic heterocycles. The van der Waals surface area contributed by atoms with Crippen molar-refractivity contribution in [2.45, 2.75) is 57.8 Å². The number of benzene rings is 1. The average Bonchev–Trinajstić information content (AvgIpc) is 3.24. The van der Waals surface area contributed by atoms with Gasteiger partial charge in [0.25, 0.3) is 0 Å². The Balaban J connectivity index is 1.47. The Hall–Kier alpha value is -1.63. The van der Waals surface area contributed by atoms with Crippen LogP contribution in [-0.4, -0.2) is 67.6 Å². The predicted molar refractivity (Wildman–Crippen MR) is 112 cm³/mol. The third-order valence-electron chi connectivity index (χ3n) is 5.49. The molecule has 0 radical (unpaired) electrons. The summed E-state index contributed by atoms with van der Waals surface area (Å²) in [6.45, 7) is 8.74. The van der Waals surface area contributed by atoms with Gasteiger partial charge in [0.15, 0.2) is 5.96 Å². The highest BCUT2D eigenvalue weighted by Gasteiger charge is 2.24. The lowest BCUT2D eigenvalue weighted by Gasteiger charge is -2.34. The summed E-state index contributed by atoms with van der Waals surface area (Å²) < 4.78 is 11.7. The molecule has 2 aliphatic heterocycles. The van der Waals surface area contributed by atoms with Crippen LogP contribution in [0.5, 0.6) is 0 Å². The lowest BCUT2D eigenvalue weighted by Crippen LogP contribution is -2.47. The summed E-state index contributed by atoms with van der Waals surface area (Å²) in [6, 6.07) is 7.99. The second kappa shape index (κ2) is 10.8. The van der Waals surface area contributed by atoms with Gasteiger partial charge in [-0.3, -0.25) is 4.99 Å². The fourth-order valence-corrected chi connectivity index (χ4v) is 3.75. The third kappa shape index (κ3) is 6.19. The van der Waals surface area contributed by atoms with E-state index in [1.54, 1.807) is 0 Å². The van der Waals surface area contributed by atoms with Gasteiger partial charge in [-0.25, -0.2) is 0 Å². The van der Waals surface area contributed by atoms with Crippen molar-refractivity contribution in [2.75, 3.05) is 39.4 Å². The van der Waals surface area contributed by atoms with Crippen LogP contribution in [0.3, 0.4) is 0 Å². The van der Waals surface area contributed by atoms with Crippen molar-refractivity contribution in [3.05, 3.63) is 35.4 Å². The number of ether oxygens (including phenoxy) is 2. The molecule has 6 heteroatoms. The summed E-state index contributed by atoms with van der Waals surface area (Å²) in [7, 11) is 0. The van der Waals surface area contributed by atoms with E-state index >= 15 is 0 Å². The first kappa shape index (κ1) is 21.1. The van der Waals surface area contributed by atoms with Gasteiger partial charge in [0, 0.05) is 26.2 Å². The molecule has 156 valence electrons. The van der Waals surface area contributed by atoms with Gasteiger partial charge in [0.1, 0.15) is 0 Å². The van der Waals surface area contributed by atoms with Crippen molar-refractivity contribution >= 4 is 5.96 Å². The zero-order valence-electron chi connectivity index (χ0n) is 17.3. The number of piperidine rings is 1. The van der Waals surface area contributed by atoms with Crippen molar-refractivity contribution in [3.63, 3.8) is 0 Å². The number of hydrogen-bond acceptors (Lipinski definition) is 4. The molecule has 0 aliphatic carbocycles. The summed E-state index contributed by atoms with van der Waals surface area (Å²) >= 11 is 0. The third-order valence-corrected chi connectivity index (χ3v) is 5.49. The van der Waals surface area contributed by atoms with Gasteiger partial charge in [-0.2, -0.15) is 0 Å². The number of aliphatic hydroxyl groups excluding tert-OH is 1. The molecule has 2 atom stereocenters. The number of aliphatic hydroxyl groups is 1. The van der Waals surface area contributed by atoms with Crippen molar-refractivity contribution in [3.8, 4) is 0 Å². The van der Waals surface area contributed by atoms with Crippen molar-refractivity contribution in [1.82, 2.24) is 10.2 Å². The number of nitrogens with one attached hydrogen (secondary N) is 1. The highest BCUT2D eigenvalue weighted by atomic mass is 16.5. The molecule has 0 saturated carbocycles. The minimum atomic E-state index is -0.582. The summed E-state index contributed by atoms with van der Waals surface area (Å²) in [6.07, 6.45) is 4.29. The van der Waals surface area contributed by atoms with E-state index in [1.165, 1.54) is 5.56 Å². The van der Waals surface area contributed by atoms with Gasteiger partial charge in [-0.15, -0.1) is 0 Å². The standard InChI is InChI=1S/C22H35N3O3/c1-3-23-22(24-15-21(26)18-8-6-17(2)7-9-18)25-12-10-19(11-13-25)28-16-20-5-4-14-27-20/h6-9,19-21,26H,3-5,10-16H2,1-2H3,(H,23,24). The summed E-state index contributed by atoms with van der Waals surface area (Å²) in [5.41, 5.74) is 2.10. The van der Waals surface area contributed by atoms with E-state index in [-0.39, 0.29) is 0 Å². The SMILES string of the molecule is CCNC(=NCC(O)c1ccc(C)cc1)N1CCC(OCC2CCCO2)CC1. The van der Waals surface area contributed by atoms with E-state index in [0.717, 1.165) is 70.1 Å². The van der Waals surface area contributed by atoms with E-state index < -0.39 is 6.10 Å². The van der Waals surface area contributed by atoms with Gasteiger partial charge in [0.2, 0.25) is 0 Å². The van der Waals surface area contributed by atoms with Crippen LogP contribution in [0, 0.1) is 6.92 Å². The Morgan fingerprint density at radius 2 is 2.04 bits per heavy atom. The van der Waals surface area contributed by atoms with E-state index in [0.29, 0.717) is 18.8 Å². The van der Waals surface area contributed by atoms with E-state index in [1.807, 2.05) is 31.2 Å². The number of guanidine groups is 1. The molecule has 1 aromatic rings. The van der Waals surface area contributed by atoms with E-state index in [2.05, 4.69) is 17.1 Å². The molecule has 2 unspecified atom stereocenters. The molecule has 2 saturated heterocycles. The van der Waals surface area contributed by atoms with Gasteiger partial charge in [0.05, 0.1) is 31.5 Å². The Kier molecular flexibility index (Phi) is 8.13. The molecule has 2 fully saturated rings. The maximum absolute atomic E-state index is 10.5. The topological polar surface area (TPSA) is 66.3 Å². The zero-order chi connectivity index (χ0) is 19.8. The summed E-state index contributed by atoms with van der Waals surface area (Å²) in [5.74, 6) is 0.881. The zero-order valence-corrected chi connectivity index (χ0v) is 17.3. The number of likely N-dealkylation sites (tertiary alicyclic amines) is 1. The Morgan fingerprint density at radius 1 is 1.29 bits per heavy atom. The Labute approximate surface area is 168 Å². The second-order valence-corrected chi connectivity index (χ2v) is 7.78. The molecule has 2 N–H and O–H groups in total. The molecule has 2 heterocycles. The predicted octanol–water partition coefficient (Wildman–Crippen LogP) is 2.65. The minimum Gasteiger partial charge on any atom is -0.386 e. The van der Waals surface area contributed by atoms with Crippen LogP contribution in [-0.2, 0) is 9.47 Å². The van der Waals surface area contributed by atoms with Gasteiger partial charge in [-0.1, -0.05) is 29.8 Å². The average molecular weight is 390 g/mol. The number of aryl methyl sites for hydroxylation is 1. The van der Waals surface area contributed by atoms with Crippen LogP contribution in [0.2, 0.25) is 0 Å². The summed E-state index contributed by atoms with van der Waals surface area (Å²) in [5, 5.41) is 13.8. The molecule has 3 rings (SSSR count). The maximum Gasteiger partial charge on any atom is 0.194 e. The van der Waals surface area contributed by atoms with Crippen LogP contribution >= 0.6 is 0 Å². The largest absolute Gasteiger partial charge is 0.386 e.